The number of halogens is 3. The summed E-state index contributed by atoms with van der Waals surface area (Å²) in [6, 6.07) is 8.24. The quantitative estimate of drug-likeness (QED) is 0.524. The van der Waals surface area contributed by atoms with Crippen molar-refractivity contribution >= 4 is 16.6 Å². The molecule has 0 amide bonds. The molecule has 33 heavy (non-hydrogen) atoms. The van der Waals surface area contributed by atoms with Crippen molar-refractivity contribution in [2.75, 3.05) is 25.0 Å². The molecule has 1 saturated carbocycles. The molecule has 1 aromatic carbocycles. The van der Waals surface area contributed by atoms with Gasteiger partial charge in [-0.15, -0.1) is 0 Å². The average Bonchev–Trinajstić information content (AvgIpc) is 3.45. The summed E-state index contributed by atoms with van der Waals surface area (Å²) in [5.74, 6) is 0.953. The van der Waals surface area contributed by atoms with Gasteiger partial charge in [-0.3, -0.25) is 4.68 Å². The number of hydrogen-bond acceptors (Lipinski definition) is 4. The zero-order chi connectivity index (χ0) is 23.2. The van der Waals surface area contributed by atoms with Gasteiger partial charge in [0.2, 0.25) is 0 Å². The third kappa shape index (κ3) is 4.49. The highest BCUT2D eigenvalue weighted by Gasteiger charge is 2.63. The van der Waals surface area contributed by atoms with Crippen molar-refractivity contribution in [3.63, 3.8) is 0 Å². The first kappa shape index (κ1) is 21.9. The molecule has 1 N–H and O–H groups in total. The maximum atomic E-state index is 13.3. The number of likely N-dealkylation sites (tertiary alicyclic amines) is 1. The van der Waals surface area contributed by atoms with Crippen LogP contribution < -0.4 is 5.32 Å². The summed E-state index contributed by atoms with van der Waals surface area (Å²) in [6.45, 7) is 5.68. The Kier molecular flexibility index (Phi) is 5.43. The maximum Gasteiger partial charge on any atom is 0.395 e. The molecule has 8 heteroatoms. The SMILES string of the molecule is C=C(Nc1cc2cc(-c3cnn(C)c3)ccc2cn1)C1CCN(CC2(C(F)(F)F)CC2)CC1. The van der Waals surface area contributed by atoms with Gasteiger partial charge in [0, 0.05) is 48.6 Å². The predicted octanol–water partition coefficient (Wildman–Crippen LogP) is 5.62. The Morgan fingerprint density at radius 1 is 1.12 bits per heavy atom. The van der Waals surface area contributed by atoms with Gasteiger partial charge in [0.05, 0.1) is 11.6 Å². The Balaban J connectivity index is 1.21. The van der Waals surface area contributed by atoms with Gasteiger partial charge in [0.15, 0.2) is 0 Å². The van der Waals surface area contributed by atoms with Gasteiger partial charge in [0.25, 0.3) is 0 Å². The van der Waals surface area contributed by atoms with Crippen LogP contribution in [0.4, 0.5) is 19.0 Å². The zero-order valence-electron chi connectivity index (χ0n) is 18.7. The summed E-state index contributed by atoms with van der Waals surface area (Å²) in [7, 11) is 1.90. The highest BCUT2D eigenvalue weighted by Crippen LogP contribution is 2.58. The van der Waals surface area contributed by atoms with Crippen molar-refractivity contribution < 1.29 is 13.2 Å². The number of rotatable bonds is 6. The van der Waals surface area contributed by atoms with E-state index in [2.05, 4.69) is 34.1 Å². The number of nitrogens with one attached hydrogen (secondary N) is 1. The predicted molar refractivity (Wildman–Crippen MR) is 124 cm³/mol. The molecule has 2 fully saturated rings. The van der Waals surface area contributed by atoms with Gasteiger partial charge >= 0.3 is 6.18 Å². The first-order chi connectivity index (χ1) is 15.7. The van der Waals surface area contributed by atoms with Crippen LogP contribution in [0.3, 0.4) is 0 Å². The van der Waals surface area contributed by atoms with Crippen molar-refractivity contribution in [1.29, 1.82) is 0 Å². The molecule has 1 aliphatic carbocycles. The lowest BCUT2D eigenvalue weighted by molar-refractivity contribution is -0.192. The van der Waals surface area contributed by atoms with E-state index in [1.54, 1.807) is 4.68 Å². The van der Waals surface area contributed by atoms with Gasteiger partial charge in [-0.2, -0.15) is 18.3 Å². The zero-order valence-corrected chi connectivity index (χ0v) is 18.7. The lowest BCUT2D eigenvalue weighted by Crippen LogP contribution is -2.42. The Labute approximate surface area is 191 Å². The second-order valence-electron chi connectivity index (χ2n) is 9.51. The van der Waals surface area contributed by atoms with Crippen LogP contribution in [0.15, 0.2) is 55.1 Å². The monoisotopic (exact) mass is 455 g/mol. The van der Waals surface area contributed by atoms with Crippen LogP contribution in [0.2, 0.25) is 0 Å². The molecule has 0 radical (unpaired) electrons. The third-order valence-electron chi connectivity index (χ3n) is 7.11. The van der Waals surface area contributed by atoms with Gasteiger partial charge in [0.1, 0.15) is 5.82 Å². The fourth-order valence-electron chi connectivity index (χ4n) is 4.78. The number of fused-ring (bicyclic) bond motifs is 1. The normalized spacial score (nSPS) is 19.0. The van der Waals surface area contributed by atoms with E-state index < -0.39 is 11.6 Å². The maximum absolute atomic E-state index is 13.3. The summed E-state index contributed by atoms with van der Waals surface area (Å²) < 4.78 is 41.6. The number of benzene rings is 1. The van der Waals surface area contributed by atoms with Crippen molar-refractivity contribution in [3.05, 3.63) is 55.1 Å². The van der Waals surface area contributed by atoms with Gasteiger partial charge in [-0.1, -0.05) is 18.7 Å². The summed E-state index contributed by atoms with van der Waals surface area (Å²) in [5.41, 5.74) is 1.56. The van der Waals surface area contributed by atoms with E-state index in [1.165, 1.54) is 0 Å². The minimum Gasteiger partial charge on any atom is -0.344 e. The second kappa shape index (κ2) is 8.17. The average molecular weight is 456 g/mol. The fourth-order valence-corrected chi connectivity index (χ4v) is 4.78. The molecule has 2 aromatic heterocycles. The van der Waals surface area contributed by atoms with Crippen LogP contribution >= 0.6 is 0 Å². The standard InChI is InChI=1S/C25H28F3N5/c1-17(18-5-9-33(10-6-18)16-24(7-8-24)25(26,27)28)31-23-12-21-11-19(3-4-20(21)13-29-23)22-14-30-32(2)15-22/h3-4,11-15,18H,1,5-10,16H2,2H3,(H,29,31). The Hall–Kier alpha value is -2.87. The molecule has 5 nitrogen and oxygen atoms in total. The number of aryl methyl sites for hydroxylation is 1. The van der Waals surface area contributed by atoms with Crippen LogP contribution in [0, 0.1) is 11.3 Å². The van der Waals surface area contributed by atoms with E-state index in [-0.39, 0.29) is 25.3 Å². The molecule has 3 aromatic rings. The molecule has 0 bridgehead atoms. The van der Waals surface area contributed by atoms with Crippen LogP contribution in [-0.2, 0) is 7.05 Å². The molecule has 0 unspecified atom stereocenters. The molecular formula is C25H28F3N5. The molecule has 174 valence electrons. The molecule has 1 saturated heterocycles. The molecule has 1 aliphatic heterocycles. The summed E-state index contributed by atoms with van der Waals surface area (Å²) in [6.07, 6.45) is 3.71. The van der Waals surface area contributed by atoms with Gasteiger partial charge in [-0.05, 0) is 61.9 Å². The first-order valence-corrected chi connectivity index (χ1v) is 11.4. The number of alkyl halides is 3. The third-order valence-corrected chi connectivity index (χ3v) is 7.11. The van der Waals surface area contributed by atoms with E-state index in [1.807, 2.05) is 42.7 Å². The lowest BCUT2D eigenvalue weighted by atomic mass is 9.92. The summed E-state index contributed by atoms with van der Waals surface area (Å²) in [4.78, 5) is 6.49. The largest absolute Gasteiger partial charge is 0.395 e. The van der Waals surface area contributed by atoms with Crippen LogP contribution in [0.1, 0.15) is 25.7 Å². The number of hydrogen-bond donors (Lipinski definition) is 1. The summed E-state index contributed by atoms with van der Waals surface area (Å²) >= 11 is 0. The van der Waals surface area contributed by atoms with Gasteiger partial charge < -0.3 is 10.2 Å². The van der Waals surface area contributed by atoms with E-state index in [0.717, 1.165) is 46.3 Å². The highest BCUT2D eigenvalue weighted by molar-refractivity contribution is 5.88. The van der Waals surface area contributed by atoms with E-state index in [9.17, 15) is 13.2 Å². The molecule has 0 atom stereocenters. The number of aromatic nitrogens is 3. The Bertz CT molecular complexity index is 1170. The highest BCUT2D eigenvalue weighted by atomic mass is 19.4. The summed E-state index contributed by atoms with van der Waals surface area (Å²) in [5, 5.41) is 9.70. The minimum absolute atomic E-state index is 0.134. The molecule has 5 rings (SSSR count). The van der Waals surface area contributed by atoms with Crippen LogP contribution in [-0.4, -0.2) is 45.5 Å². The topological polar surface area (TPSA) is 46.0 Å². The Morgan fingerprint density at radius 3 is 2.52 bits per heavy atom. The first-order valence-electron chi connectivity index (χ1n) is 11.4. The van der Waals surface area contributed by atoms with E-state index in [4.69, 9.17) is 0 Å². The van der Waals surface area contributed by atoms with Crippen LogP contribution in [0.25, 0.3) is 21.9 Å². The lowest BCUT2D eigenvalue weighted by Gasteiger charge is -2.35. The minimum atomic E-state index is -4.09. The van der Waals surface area contributed by atoms with Crippen molar-refractivity contribution in [1.82, 2.24) is 19.7 Å². The van der Waals surface area contributed by atoms with Crippen molar-refractivity contribution in [3.8, 4) is 11.1 Å². The molecule has 0 spiro atoms. The Morgan fingerprint density at radius 2 is 1.88 bits per heavy atom. The number of pyridine rings is 1. The number of anilines is 1. The fraction of sp³-hybridized carbons (Fsp3) is 0.440. The molecular weight excluding hydrogens is 427 g/mol. The number of nitrogens with zero attached hydrogens (tertiary/aromatic N) is 4. The molecule has 2 aliphatic rings. The van der Waals surface area contributed by atoms with Gasteiger partial charge in [-0.25, -0.2) is 4.98 Å². The number of allylic oxidation sites excluding steroid dienone is 1. The van der Waals surface area contributed by atoms with Crippen molar-refractivity contribution in [2.24, 2.45) is 18.4 Å². The van der Waals surface area contributed by atoms with Crippen molar-refractivity contribution in [2.45, 2.75) is 31.9 Å². The van der Waals surface area contributed by atoms with E-state index in [0.29, 0.717) is 13.1 Å². The number of piperidine rings is 1. The van der Waals surface area contributed by atoms with E-state index >= 15 is 0 Å². The molecule has 3 heterocycles. The second-order valence-corrected chi connectivity index (χ2v) is 9.51. The van der Waals surface area contributed by atoms with Crippen LogP contribution in [0.5, 0.6) is 0 Å². The smallest absolute Gasteiger partial charge is 0.344 e.